The summed E-state index contributed by atoms with van der Waals surface area (Å²) in [6, 6.07) is 8.47. The van der Waals surface area contributed by atoms with Crippen LogP contribution in [-0.4, -0.2) is 36.6 Å². The first-order valence-electron chi connectivity index (χ1n) is 9.30. The van der Waals surface area contributed by atoms with Crippen LogP contribution in [0.4, 0.5) is 0 Å². The SMILES string of the molecule is C[C@H]1C[C@H](C)CN(Cc2ccccc2CNC(=O)[C@@H]2CCCO2)C1. The number of piperidine rings is 1. The first-order valence-corrected chi connectivity index (χ1v) is 9.30. The van der Waals surface area contributed by atoms with E-state index in [1.807, 2.05) is 0 Å². The maximum atomic E-state index is 12.2. The highest BCUT2D eigenvalue weighted by molar-refractivity contribution is 5.80. The maximum absolute atomic E-state index is 12.2. The molecule has 2 saturated heterocycles. The molecule has 2 fully saturated rings. The fourth-order valence-corrected chi connectivity index (χ4v) is 4.13. The molecule has 4 nitrogen and oxygen atoms in total. The van der Waals surface area contributed by atoms with Crippen molar-refractivity contribution in [3.05, 3.63) is 35.4 Å². The summed E-state index contributed by atoms with van der Waals surface area (Å²) in [6.45, 7) is 9.29. The van der Waals surface area contributed by atoms with Crippen LogP contribution in [0.15, 0.2) is 24.3 Å². The predicted octanol–water partition coefficient (Wildman–Crippen LogP) is 2.96. The number of rotatable bonds is 5. The van der Waals surface area contributed by atoms with Crippen LogP contribution in [0.3, 0.4) is 0 Å². The number of nitrogens with one attached hydrogen (secondary N) is 1. The molecule has 1 aromatic rings. The monoisotopic (exact) mass is 330 g/mol. The van der Waals surface area contributed by atoms with E-state index in [2.05, 4.69) is 48.3 Å². The van der Waals surface area contributed by atoms with E-state index in [0.29, 0.717) is 13.2 Å². The second-order valence-electron chi connectivity index (χ2n) is 7.63. The topological polar surface area (TPSA) is 41.6 Å². The quantitative estimate of drug-likeness (QED) is 0.902. The van der Waals surface area contributed by atoms with E-state index in [1.54, 1.807) is 0 Å². The number of carbonyl (C=O) groups is 1. The molecular formula is C20H30N2O2. The molecule has 0 bridgehead atoms. The molecule has 4 heteroatoms. The molecular weight excluding hydrogens is 300 g/mol. The zero-order valence-corrected chi connectivity index (χ0v) is 15.0. The van der Waals surface area contributed by atoms with E-state index >= 15 is 0 Å². The summed E-state index contributed by atoms with van der Waals surface area (Å²) >= 11 is 0. The number of likely N-dealkylation sites (tertiary alicyclic amines) is 1. The fraction of sp³-hybridized carbons (Fsp3) is 0.650. The van der Waals surface area contributed by atoms with Crippen molar-refractivity contribution in [2.24, 2.45) is 11.8 Å². The Bertz CT molecular complexity index is 544. The molecule has 2 heterocycles. The van der Waals surface area contributed by atoms with Crippen molar-refractivity contribution in [3.8, 4) is 0 Å². The second-order valence-corrected chi connectivity index (χ2v) is 7.63. The van der Waals surface area contributed by atoms with Gasteiger partial charge < -0.3 is 10.1 Å². The van der Waals surface area contributed by atoms with Gasteiger partial charge in [0.05, 0.1) is 0 Å². The molecule has 0 spiro atoms. The van der Waals surface area contributed by atoms with E-state index < -0.39 is 0 Å². The van der Waals surface area contributed by atoms with Crippen LogP contribution in [0.5, 0.6) is 0 Å². The van der Waals surface area contributed by atoms with Gasteiger partial charge in [0.1, 0.15) is 6.10 Å². The minimum atomic E-state index is -0.249. The van der Waals surface area contributed by atoms with Crippen LogP contribution in [0.2, 0.25) is 0 Å². The fourth-order valence-electron chi connectivity index (χ4n) is 4.13. The lowest BCUT2D eigenvalue weighted by Crippen LogP contribution is -2.38. The molecule has 3 atom stereocenters. The number of ether oxygens (including phenoxy) is 1. The van der Waals surface area contributed by atoms with E-state index in [1.165, 1.54) is 30.6 Å². The van der Waals surface area contributed by atoms with Crippen molar-refractivity contribution in [3.63, 3.8) is 0 Å². The average Bonchev–Trinajstić information content (AvgIpc) is 3.07. The second kappa shape index (κ2) is 8.13. The summed E-state index contributed by atoms with van der Waals surface area (Å²) < 4.78 is 5.46. The number of carbonyl (C=O) groups excluding carboxylic acids is 1. The highest BCUT2D eigenvalue weighted by Crippen LogP contribution is 2.23. The summed E-state index contributed by atoms with van der Waals surface area (Å²) in [5.74, 6) is 1.56. The average molecular weight is 330 g/mol. The van der Waals surface area contributed by atoms with Crippen LogP contribution in [-0.2, 0) is 22.6 Å². The van der Waals surface area contributed by atoms with Gasteiger partial charge in [-0.05, 0) is 42.2 Å². The molecule has 1 aromatic carbocycles. The highest BCUT2D eigenvalue weighted by Gasteiger charge is 2.24. The summed E-state index contributed by atoms with van der Waals surface area (Å²) in [5, 5.41) is 3.05. The zero-order valence-electron chi connectivity index (χ0n) is 15.0. The van der Waals surface area contributed by atoms with E-state index in [4.69, 9.17) is 4.74 Å². The zero-order chi connectivity index (χ0) is 16.9. The van der Waals surface area contributed by atoms with Gasteiger partial charge in [-0.3, -0.25) is 9.69 Å². The van der Waals surface area contributed by atoms with Crippen molar-refractivity contribution in [1.29, 1.82) is 0 Å². The molecule has 0 saturated carbocycles. The molecule has 0 radical (unpaired) electrons. The minimum Gasteiger partial charge on any atom is -0.368 e. The molecule has 2 aliphatic heterocycles. The smallest absolute Gasteiger partial charge is 0.249 e. The minimum absolute atomic E-state index is 0.0301. The van der Waals surface area contributed by atoms with E-state index in [9.17, 15) is 4.79 Å². The molecule has 24 heavy (non-hydrogen) atoms. The van der Waals surface area contributed by atoms with Crippen LogP contribution in [0, 0.1) is 11.8 Å². The Morgan fingerprint density at radius 1 is 1.21 bits per heavy atom. The number of benzene rings is 1. The van der Waals surface area contributed by atoms with Gasteiger partial charge in [0, 0.05) is 32.8 Å². The third kappa shape index (κ3) is 4.58. The summed E-state index contributed by atoms with van der Waals surface area (Å²) in [5.41, 5.74) is 2.54. The van der Waals surface area contributed by atoms with Crippen LogP contribution in [0.25, 0.3) is 0 Å². The first-order chi connectivity index (χ1) is 11.6. The van der Waals surface area contributed by atoms with Gasteiger partial charge in [-0.15, -0.1) is 0 Å². The lowest BCUT2D eigenvalue weighted by molar-refractivity contribution is -0.130. The molecule has 3 rings (SSSR count). The Morgan fingerprint density at radius 3 is 2.58 bits per heavy atom. The Kier molecular flexibility index (Phi) is 5.90. The molecule has 0 aliphatic carbocycles. The maximum Gasteiger partial charge on any atom is 0.249 e. The van der Waals surface area contributed by atoms with Crippen molar-refractivity contribution in [1.82, 2.24) is 10.2 Å². The summed E-state index contributed by atoms with van der Waals surface area (Å²) in [7, 11) is 0. The number of hydrogen-bond acceptors (Lipinski definition) is 3. The first kappa shape index (κ1) is 17.4. The third-order valence-electron chi connectivity index (χ3n) is 5.13. The molecule has 2 aliphatic rings. The Balaban J connectivity index is 1.59. The van der Waals surface area contributed by atoms with E-state index in [-0.39, 0.29) is 12.0 Å². The number of nitrogens with zero attached hydrogens (tertiary/aromatic N) is 1. The van der Waals surface area contributed by atoms with Gasteiger partial charge in [0.2, 0.25) is 5.91 Å². The van der Waals surface area contributed by atoms with Gasteiger partial charge in [-0.2, -0.15) is 0 Å². The standard InChI is InChI=1S/C20H30N2O2/c1-15-10-16(2)13-22(12-15)14-18-7-4-3-6-17(18)11-21-20(23)19-8-5-9-24-19/h3-4,6-7,15-16,19H,5,8-14H2,1-2H3,(H,21,23)/t15-,16-,19-/m0/s1. The van der Waals surface area contributed by atoms with Gasteiger partial charge in [0.25, 0.3) is 0 Å². The van der Waals surface area contributed by atoms with Crippen molar-refractivity contribution in [2.75, 3.05) is 19.7 Å². The molecule has 1 N–H and O–H groups in total. The van der Waals surface area contributed by atoms with Gasteiger partial charge in [0.15, 0.2) is 0 Å². The number of amides is 1. The van der Waals surface area contributed by atoms with Crippen molar-refractivity contribution < 1.29 is 9.53 Å². The summed E-state index contributed by atoms with van der Waals surface area (Å²) in [6.07, 6.45) is 2.91. The Hall–Kier alpha value is -1.39. The van der Waals surface area contributed by atoms with Crippen LogP contribution < -0.4 is 5.32 Å². The summed E-state index contributed by atoms with van der Waals surface area (Å²) in [4.78, 5) is 14.7. The molecule has 0 aromatic heterocycles. The van der Waals surface area contributed by atoms with Crippen molar-refractivity contribution in [2.45, 2.75) is 52.3 Å². The molecule has 1 amide bonds. The molecule has 0 unspecified atom stereocenters. The third-order valence-corrected chi connectivity index (χ3v) is 5.13. The highest BCUT2D eigenvalue weighted by atomic mass is 16.5. The van der Waals surface area contributed by atoms with Gasteiger partial charge in [-0.1, -0.05) is 38.1 Å². The van der Waals surface area contributed by atoms with Gasteiger partial charge in [-0.25, -0.2) is 0 Å². The predicted molar refractivity (Wildman–Crippen MR) is 95.5 cm³/mol. The Labute approximate surface area is 145 Å². The van der Waals surface area contributed by atoms with E-state index in [0.717, 1.165) is 31.2 Å². The van der Waals surface area contributed by atoms with Crippen LogP contribution >= 0.6 is 0 Å². The van der Waals surface area contributed by atoms with Crippen LogP contribution in [0.1, 0.15) is 44.2 Å². The van der Waals surface area contributed by atoms with Gasteiger partial charge >= 0.3 is 0 Å². The molecule has 132 valence electrons. The number of hydrogen-bond donors (Lipinski definition) is 1. The van der Waals surface area contributed by atoms with Crippen molar-refractivity contribution >= 4 is 5.91 Å². The Morgan fingerprint density at radius 2 is 1.92 bits per heavy atom. The largest absolute Gasteiger partial charge is 0.368 e. The lowest BCUT2D eigenvalue weighted by Gasteiger charge is -2.35. The normalized spacial score (nSPS) is 28.0. The lowest BCUT2D eigenvalue weighted by atomic mass is 9.91.